The van der Waals surface area contributed by atoms with Crippen molar-refractivity contribution in [2.75, 3.05) is 18.4 Å². The molecule has 0 bridgehead atoms. The Morgan fingerprint density at radius 2 is 1.71 bits per heavy atom. The fraction of sp³-hybridized carbons (Fsp3) is 0.258. The monoisotopic (exact) mass is 526 g/mol. The Morgan fingerprint density at radius 3 is 2.45 bits per heavy atom. The summed E-state index contributed by atoms with van der Waals surface area (Å²) in [7, 11) is 0. The smallest absolute Gasteiger partial charge is 0.258 e. The van der Waals surface area contributed by atoms with Crippen molar-refractivity contribution < 1.29 is 9.90 Å². The largest absolute Gasteiger partial charge is 0.386 e. The van der Waals surface area contributed by atoms with E-state index in [0.29, 0.717) is 35.3 Å². The minimum atomic E-state index is -0.754. The van der Waals surface area contributed by atoms with Gasteiger partial charge in [0.05, 0.1) is 23.4 Å². The molecule has 2 unspecified atom stereocenters. The molecular formula is C31H31ClN4O2. The third kappa shape index (κ3) is 6.04. The fourth-order valence-corrected chi connectivity index (χ4v) is 5.10. The highest BCUT2D eigenvalue weighted by Gasteiger charge is 2.34. The van der Waals surface area contributed by atoms with Gasteiger partial charge in [-0.1, -0.05) is 84.4 Å². The first kappa shape index (κ1) is 25.9. The maximum Gasteiger partial charge on any atom is 0.258 e. The summed E-state index contributed by atoms with van der Waals surface area (Å²) in [4.78, 5) is 25.1. The van der Waals surface area contributed by atoms with E-state index >= 15 is 0 Å². The lowest BCUT2D eigenvalue weighted by atomic mass is 9.92. The zero-order chi connectivity index (χ0) is 26.3. The number of amides is 1. The van der Waals surface area contributed by atoms with Crippen molar-refractivity contribution in [3.05, 3.63) is 113 Å². The number of aliphatic hydroxyl groups is 1. The quantitative estimate of drug-likeness (QED) is 0.286. The van der Waals surface area contributed by atoms with Crippen LogP contribution in [0.25, 0.3) is 11.3 Å². The zero-order valence-electron chi connectivity index (χ0n) is 21.1. The van der Waals surface area contributed by atoms with Crippen LogP contribution in [0.1, 0.15) is 46.9 Å². The van der Waals surface area contributed by atoms with E-state index in [9.17, 15) is 9.90 Å². The number of nitrogens with one attached hydrogen (secondary N) is 1. The van der Waals surface area contributed by atoms with Crippen LogP contribution in [0.4, 0.5) is 5.95 Å². The van der Waals surface area contributed by atoms with Crippen LogP contribution in [0.3, 0.4) is 0 Å². The summed E-state index contributed by atoms with van der Waals surface area (Å²) in [5.41, 5.74) is 3.84. The number of carbonyl (C=O) groups is 1. The highest BCUT2D eigenvalue weighted by molar-refractivity contribution is 6.30. The average Bonchev–Trinajstić information content (AvgIpc) is 2.98. The van der Waals surface area contributed by atoms with Gasteiger partial charge in [-0.2, -0.15) is 0 Å². The molecule has 0 aliphatic carbocycles. The summed E-state index contributed by atoms with van der Waals surface area (Å²) in [6.07, 6.45) is 4.26. The number of nitrogens with zero attached hydrogens (tertiary/aromatic N) is 3. The standard InChI is InChI=1S/C31H31ClN4O2/c32-25-16-14-22(15-17-25)18-19-33-31-34-21-26(28(35-31)23-9-3-1-4-10-23)30(38)36-20-8-7-13-27(36)29(37)24-11-5-2-6-12-24/h1-6,9-12,14-17,21,27,29,37H,7-8,13,18-20H2,(H,33,34,35). The number of piperidine rings is 1. The maximum absolute atomic E-state index is 14.0. The molecule has 0 saturated carbocycles. The Kier molecular flexibility index (Phi) is 8.31. The topological polar surface area (TPSA) is 78.4 Å². The number of aliphatic hydroxyl groups excluding tert-OH is 1. The van der Waals surface area contributed by atoms with Gasteiger partial charge in [-0.05, 0) is 48.9 Å². The Balaban J connectivity index is 1.40. The molecule has 3 aromatic carbocycles. The van der Waals surface area contributed by atoms with Crippen LogP contribution in [0.5, 0.6) is 0 Å². The molecule has 1 aliphatic rings. The van der Waals surface area contributed by atoms with Gasteiger partial charge in [0.2, 0.25) is 5.95 Å². The summed E-state index contributed by atoms with van der Waals surface area (Å²) in [5, 5.41) is 15.2. The van der Waals surface area contributed by atoms with E-state index in [1.807, 2.05) is 84.9 Å². The highest BCUT2D eigenvalue weighted by Crippen LogP contribution is 2.32. The number of halogens is 1. The van der Waals surface area contributed by atoms with E-state index in [0.717, 1.165) is 42.4 Å². The lowest BCUT2D eigenvalue weighted by molar-refractivity contribution is 0.0212. The Labute approximate surface area is 228 Å². The van der Waals surface area contributed by atoms with Gasteiger partial charge < -0.3 is 15.3 Å². The van der Waals surface area contributed by atoms with Crippen molar-refractivity contribution in [2.45, 2.75) is 37.8 Å². The molecule has 7 heteroatoms. The molecule has 1 aliphatic heterocycles. The molecule has 194 valence electrons. The third-order valence-corrected chi connectivity index (χ3v) is 7.24. The van der Waals surface area contributed by atoms with Crippen LogP contribution < -0.4 is 5.32 Å². The van der Waals surface area contributed by atoms with Crippen LogP contribution >= 0.6 is 11.6 Å². The van der Waals surface area contributed by atoms with Crippen molar-refractivity contribution in [2.24, 2.45) is 0 Å². The van der Waals surface area contributed by atoms with E-state index in [-0.39, 0.29) is 11.9 Å². The number of rotatable bonds is 8. The number of aromatic nitrogens is 2. The van der Waals surface area contributed by atoms with Crippen LogP contribution in [-0.4, -0.2) is 45.0 Å². The van der Waals surface area contributed by atoms with Gasteiger partial charge in [-0.25, -0.2) is 9.97 Å². The van der Waals surface area contributed by atoms with E-state index in [2.05, 4.69) is 10.3 Å². The number of hydrogen-bond donors (Lipinski definition) is 2. The van der Waals surface area contributed by atoms with Crippen molar-refractivity contribution >= 4 is 23.5 Å². The summed E-state index contributed by atoms with van der Waals surface area (Å²) in [6, 6.07) is 26.7. The number of hydrogen-bond acceptors (Lipinski definition) is 5. The summed E-state index contributed by atoms with van der Waals surface area (Å²) in [6.45, 7) is 1.23. The minimum Gasteiger partial charge on any atom is -0.386 e. The molecule has 1 fully saturated rings. The second kappa shape index (κ2) is 12.2. The minimum absolute atomic E-state index is 0.156. The molecule has 5 rings (SSSR count). The molecular weight excluding hydrogens is 496 g/mol. The van der Waals surface area contributed by atoms with Crippen molar-refractivity contribution in [3.63, 3.8) is 0 Å². The molecule has 2 heterocycles. The van der Waals surface area contributed by atoms with Gasteiger partial charge in [0.25, 0.3) is 5.91 Å². The first-order valence-electron chi connectivity index (χ1n) is 13.0. The molecule has 1 aromatic heterocycles. The normalized spacial score (nSPS) is 16.2. The van der Waals surface area contributed by atoms with Gasteiger partial charge in [0.1, 0.15) is 0 Å². The van der Waals surface area contributed by atoms with Crippen molar-refractivity contribution in [1.82, 2.24) is 14.9 Å². The lowest BCUT2D eigenvalue weighted by Gasteiger charge is -2.39. The number of anilines is 1. The van der Waals surface area contributed by atoms with E-state index in [4.69, 9.17) is 16.6 Å². The van der Waals surface area contributed by atoms with E-state index < -0.39 is 6.10 Å². The predicted molar refractivity (Wildman–Crippen MR) is 151 cm³/mol. The van der Waals surface area contributed by atoms with Gasteiger partial charge >= 0.3 is 0 Å². The lowest BCUT2D eigenvalue weighted by Crippen LogP contribution is -2.47. The molecule has 6 nitrogen and oxygen atoms in total. The fourth-order valence-electron chi connectivity index (χ4n) is 4.97. The second-order valence-electron chi connectivity index (χ2n) is 9.54. The Morgan fingerprint density at radius 1 is 1.00 bits per heavy atom. The molecule has 0 spiro atoms. The average molecular weight is 527 g/mol. The third-order valence-electron chi connectivity index (χ3n) is 6.99. The molecule has 2 N–H and O–H groups in total. The summed E-state index contributed by atoms with van der Waals surface area (Å²) in [5.74, 6) is 0.310. The van der Waals surface area contributed by atoms with E-state index in [1.165, 1.54) is 0 Å². The molecule has 1 amide bonds. The van der Waals surface area contributed by atoms with Crippen molar-refractivity contribution in [1.29, 1.82) is 0 Å². The number of benzene rings is 3. The van der Waals surface area contributed by atoms with Gasteiger partial charge in [-0.15, -0.1) is 0 Å². The summed E-state index contributed by atoms with van der Waals surface area (Å²) >= 11 is 5.99. The van der Waals surface area contributed by atoms with Gasteiger partial charge in [0.15, 0.2) is 0 Å². The van der Waals surface area contributed by atoms with Crippen LogP contribution in [0.15, 0.2) is 91.1 Å². The molecule has 4 aromatic rings. The number of likely N-dealkylation sites (tertiary alicyclic amines) is 1. The van der Waals surface area contributed by atoms with Crippen LogP contribution in [-0.2, 0) is 6.42 Å². The van der Waals surface area contributed by atoms with Gasteiger partial charge in [-0.3, -0.25) is 4.79 Å². The Hall–Kier alpha value is -3.74. The second-order valence-corrected chi connectivity index (χ2v) is 9.98. The highest BCUT2D eigenvalue weighted by atomic mass is 35.5. The van der Waals surface area contributed by atoms with Crippen LogP contribution in [0.2, 0.25) is 5.02 Å². The summed E-state index contributed by atoms with van der Waals surface area (Å²) < 4.78 is 0. The van der Waals surface area contributed by atoms with E-state index in [1.54, 1.807) is 11.1 Å². The van der Waals surface area contributed by atoms with Crippen molar-refractivity contribution in [3.8, 4) is 11.3 Å². The number of carbonyl (C=O) groups excluding carboxylic acids is 1. The van der Waals surface area contributed by atoms with Crippen LogP contribution in [0, 0.1) is 0 Å². The first-order chi connectivity index (χ1) is 18.6. The first-order valence-corrected chi connectivity index (χ1v) is 13.4. The molecule has 1 saturated heterocycles. The van der Waals surface area contributed by atoms with Gasteiger partial charge in [0, 0.05) is 29.9 Å². The molecule has 38 heavy (non-hydrogen) atoms. The maximum atomic E-state index is 14.0. The SMILES string of the molecule is O=C(c1cnc(NCCc2ccc(Cl)cc2)nc1-c1ccccc1)N1CCCCC1C(O)c1ccccc1. The molecule has 2 atom stereocenters. The zero-order valence-corrected chi connectivity index (χ0v) is 21.9. The molecule has 0 radical (unpaired) electrons. The Bertz CT molecular complexity index is 1350. The predicted octanol–water partition coefficient (Wildman–Crippen LogP) is 6.18.